The Kier molecular flexibility index (Phi) is 4.26. The number of aryl methyl sites for hydroxylation is 1. The Labute approximate surface area is 125 Å². The summed E-state index contributed by atoms with van der Waals surface area (Å²) in [5.41, 5.74) is 1.23. The number of piperidine rings is 1. The van der Waals surface area contributed by atoms with Gasteiger partial charge in [0.2, 0.25) is 0 Å². The molecule has 2 fully saturated rings. The SMILES string of the molecule is Cn1nccc1CN1CCC(N2CCCC2C(=O)O)CC1. The zero-order valence-corrected chi connectivity index (χ0v) is 12.6. The molecule has 2 aliphatic rings. The van der Waals surface area contributed by atoms with Gasteiger partial charge in [0.25, 0.3) is 0 Å². The van der Waals surface area contributed by atoms with E-state index in [4.69, 9.17) is 0 Å². The molecule has 3 rings (SSSR count). The Hall–Kier alpha value is -1.40. The molecule has 21 heavy (non-hydrogen) atoms. The van der Waals surface area contributed by atoms with Crippen LogP contribution < -0.4 is 0 Å². The molecule has 1 aromatic rings. The van der Waals surface area contributed by atoms with Crippen LogP contribution in [0.2, 0.25) is 0 Å². The number of hydrogen-bond acceptors (Lipinski definition) is 4. The molecule has 6 heteroatoms. The van der Waals surface area contributed by atoms with Crippen LogP contribution in [0.3, 0.4) is 0 Å². The van der Waals surface area contributed by atoms with Crippen LogP contribution in [-0.4, -0.2) is 62.4 Å². The molecule has 2 saturated heterocycles. The lowest BCUT2D eigenvalue weighted by molar-refractivity contribution is -0.143. The molecule has 0 spiro atoms. The van der Waals surface area contributed by atoms with E-state index in [2.05, 4.69) is 21.0 Å². The Morgan fingerprint density at radius 2 is 2.10 bits per heavy atom. The Balaban J connectivity index is 1.53. The Morgan fingerprint density at radius 1 is 1.33 bits per heavy atom. The van der Waals surface area contributed by atoms with Crippen LogP contribution in [0.5, 0.6) is 0 Å². The van der Waals surface area contributed by atoms with E-state index in [0.29, 0.717) is 6.04 Å². The number of likely N-dealkylation sites (tertiary alicyclic amines) is 2. The van der Waals surface area contributed by atoms with E-state index in [-0.39, 0.29) is 6.04 Å². The van der Waals surface area contributed by atoms with E-state index in [9.17, 15) is 9.90 Å². The summed E-state index contributed by atoms with van der Waals surface area (Å²) in [4.78, 5) is 16.0. The van der Waals surface area contributed by atoms with Crippen molar-refractivity contribution in [1.29, 1.82) is 0 Å². The van der Waals surface area contributed by atoms with Crippen molar-refractivity contribution in [1.82, 2.24) is 19.6 Å². The van der Waals surface area contributed by atoms with Crippen LogP contribution >= 0.6 is 0 Å². The predicted octanol–water partition coefficient (Wildman–Crippen LogP) is 0.933. The number of rotatable bonds is 4. The maximum Gasteiger partial charge on any atom is 0.320 e. The van der Waals surface area contributed by atoms with Crippen molar-refractivity contribution in [3.8, 4) is 0 Å². The van der Waals surface area contributed by atoms with Gasteiger partial charge in [0.05, 0.1) is 5.69 Å². The summed E-state index contributed by atoms with van der Waals surface area (Å²) in [6, 6.07) is 2.25. The second kappa shape index (κ2) is 6.15. The summed E-state index contributed by atoms with van der Waals surface area (Å²) in [6.45, 7) is 3.96. The van der Waals surface area contributed by atoms with E-state index in [1.165, 1.54) is 5.69 Å². The third kappa shape index (κ3) is 3.11. The summed E-state index contributed by atoms with van der Waals surface area (Å²) >= 11 is 0. The highest BCUT2D eigenvalue weighted by Gasteiger charge is 2.36. The van der Waals surface area contributed by atoms with Gasteiger partial charge in [-0.25, -0.2) is 0 Å². The molecule has 0 radical (unpaired) electrons. The molecule has 0 aromatic carbocycles. The Bertz CT molecular complexity index is 494. The lowest BCUT2D eigenvalue weighted by Gasteiger charge is -2.38. The second-order valence-corrected chi connectivity index (χ2v) is 6.19. The fraction of sp³-hybridized carbons (Fsp3) is 0.733. The average Bonchev–Trinajstić information content (AvgIpc) is 3.10. The number of aliphatic carboxylic acids is 1. The van der Waals surface area contributed by atoms with Gasteiger partial charge in [-0.3, -0.25) is 19.3 Å². The highest BCUT2D eigenvalue weighted by atomic mass is 16.4. The number of carboxylic acids is 1. The molecule has 1 aromatic heterocycles. The number of aromatic nitrogens is 2. The second-order valence-electron chi connectivity index (χ2n) is 6.19. The van der Waals surface area contributed by atoms with Crippen molar-refractivity contribution < 1.29 is 9.90 Å². The van der Waals surface area contributed by atoms with Gasteiger partial charge in [0.1, 0.15) is 6.04 Å². The largest absolute Gasteiger partial charge is 0.480 e. The van der Waals surface area contributed by atoms with Gasteiger partial charge in [0.15, 0.2) is 0 Å². The van der Waals surface area contributed by atoms with Crippen molar-refractivity contribution in [2.45, 2.75) is 44.3 Å². The molecular weight excluding hydrogens is 268 g/mol. The quantitative estimate of drug-likeness (QED) is 0.894. The summed E-state index contributed by atoms with van der Waals surface area (Å²) in [6.07, 6.45) is 5.81. The summed E-state index contributed by atoms with van der Waals surface area (Å²) in [7, 11) is 1.98. The van der Waals surface area contributed by atoms with E-state index in [1.807, 2.05) is 17.9 Å². The van der Waals surface area contributed by atoms with E-state index in [1.54, 1.807) is 0 Å². The molecule has 0 bridgehead atoms. The molecular formula is C15H24N4O2. The van der Waals surface area contributed by atoms with Gasteiger partial charge >= 0.3 is 5.97 Å². The highest BCUT2D eigenvalue weighted by Crippen LogP contribution is 2.26. The van der Waals surface area contributed by atoms with Gasteiger partial charge in [0, 0.05) is 38.9 Å². The zero-order valence-electron chi connectivity index (χ0n) is 12.6. The number of nitrogens with zero attached hydrogens (tertiary/aromatic N) is 4. The fourth-order valence-electron chi connectivity index (χ4n) is 3.69. The Morgan fingerprint density at radius 3 is 2.71 bits per heavy atom. The molecule has 1 atom stereocenters. The number of carboxylic acid groups (broad SMARTS) is 1. The van der Waals surface area contributed by atoms with E-state index < -0.39 is 5.97 Å². The van der Waals surface area contributed by atoms with Crippen molar-refractivity contribution >= 4 is 5.97 Å². The lowest BCUT2D eigenvalue weighted by Crippen LogP contribution is -2.48. The first kappa shape index (κ1) is 14.5. The predicted molar refractivity (Wildman–Crippen MR) is 78.9 cm³/mol. The normalized spacial score (nSPS) is 25.5. The average molecular weight is 292 g/mol. The van der Waals surface area contributed by atoms with Gasteiger partial charge < -0.3 is 5.11 Å². The first-order valence-corrected chi connectivity index (χ1v) is 7.83. The van der Waals surface area contributed by atoms with E-state index >= 15 is 0 Å². The molecule has 0 saturated carbocycles. The minimum Gasteiger partial charge on any atom is -0.480 e. The van der Waals surface area contributed by atoms with Crippen molar-refractivity contribution in [2.75, 3.05) is 19.6 Å². The topological polar surface area (TPSA) is 61.6 Å². The molecule has 0 aliphatic carbocycles. The molecule has 1 unspecified atom stereocenters. The van der Waals surface area contributed by atoms with Gasteiger partial charge in [-0.1, -0.05) is 0 Å². The van der Waals surface area contributed by atoms with Gasteiger partial charge in [-0.05, 0) is 38.3 Å². The van der Waals surface area contributed by atoms with Crippen LogP contribution in [0.1, 0.15) is 31.4 Å². The summed E-state index contributed by atoms with van der Waals surface area (Å²) in [5, 5.41) is 13.5. The smallest absolute Gasteiger partial charge is 0.320 e. The molecule has 1 N–H and O–H groups in total. The van der Waals surface area contributed by atoms with Crippen LogP contribution in [0.15, 0.2) is 12.3 Å². The molecule has 2 aliphatic heterocycles. The standard InChI is InChI=1S/C15H24N4O2/c1-17-13(4-7-16-17)11-18-9-5-12(6-10-18)19-8-2-3-14(19)15(20)21/h4,7,12,14H,2-3,5-6,8-11H2,1H3,(H,20,21). The monoisotopic (exact) mass is 292 g/mol. The van der Waals surface area contributed by atoms with E-state index in [0.717, 1.165) is 51.9 Å². The highest BCUT2D eigenvalue weighted by molar-refractivity contribution is 5.73. The van der Waals surface area contributed by atoms with Crippen molar-refractivity contribution in [2.24, 2.45) is 7.05 Å². The van der Waals surface area contributed by atoms with Crippen LogP contribution in [0.25, 0.3) is 0 Å². The number of carbonyl (C=O) groups is 1. The van der Waals surface area contributed by atoms with Crippen LogP contribution in [-0.2, 0) is 18.4 Å². The maximum atomic E-state index is 11.3. The van der Waals surface area contributed by atoms with Crippen molar-refractivity contribution in [3.63, 3.8) is 0 Å². The third-order valence-corrected chi connectivity index (χ3v) is 4.91. The molecule has 116 valence electrons. The molecule has 3 heterocycles. The fourth-order valence-corrected chi connectivity index (χ4v) is 3.69. The first-order chi connectivity index (χ1) is 10.1. The minimum atomic E-state index is -0.648. The first-order valence-electron chi connectivity index (χ1n) is 7.83. The molecule has 6 nitrogen and oxygen atoms in total. The zero-order chi connectivity index (χ0) is 14.8. The van der Waals surface area contributed by atoms with Gasteiger partial charge in [-0.15, -0.1) is 0 Å². The van der Waals surface area contributed by atoms with Crippen LogP contribution in [0, 0.1) is 0 Å². The minimum absolute atomic E-state index is 0.251. The van der Waals surface area contributed by atoms with Crippen molar-refractivity contribution in [3.05, 3.63) is 18.0 Å². The lowest BCUT2D eigenvalue weighted by atomic mass is 10.0. The summed E-state index contributed by atoms with van der Waals surface area (Å²) < 4.78 is 1.92. The van der Waals surface area contributed by atoms with Gasteiger partial charge in [-0.2, -0.15) is 5.10 Å². The summed E-state index contributed by atoms with van der Waals surface area (Å²) in [5.74, 6) is -0.648. The maximum absolute atomic E-state index is 11.3. The van der Waals surface area contributed by atoms with Crippen LogP contribution in [0.4, 0.5) is 0 Å². The third-order valence-electron chi connectivity index (χ3n) is 4.91. The molecule has 0 amide bonds. The number of hydrogen-bond donors (Lipinski definition) is 1.